The molecule has 0 radical (unpaired) electrons. The zero-order valence-electron chi connectivity index (χ0n) is 17.3. The molecule has 0 aliphatic carbocycles. The number of hydrogen-bond acceptors (Lipinski definition) is 1. The molecule has 1 unspecified atom stereocenters. The Morgan fingerprint density at radius 2 is 1.93 bits per heavy atom. The van der Waals surface area contributed by atoms with Crippen molar-refractivity contribution < 1.29 is 13.7 Å². The van der Waals surface area contributed by atoms with Crippen LogP contribution in [0.2, 0.25) is 0 Å². The highest BCUT2D eigenvalue weighted by Crippen LogP contribution is 2.47. The molecule has 2 aliphatic rings. The summed E-state index contributed by atoms with van der Waals surface area (Å²) in [6.45, 7) is 9.99. The van der Waals surface area contributed by atoms with E-state index in [1.54, 1.807) is 12.1 Å². The van der Waals surface area contributed by atoms with Gasteiger partial charge in [-0.1, -0.05) is 31.5 Å². The first kappa shape index (κ1) is 19.1. The number of rotatable bonds is 3. The van der Waals surface area contributed by atoms with Gasteiger partial charge in [0.15, 0.2) is 0 Å². The van der Waals surface area contributed by atoms with Gasteiger partial charge in [0.1, 0.15) is 5.82 Å². The lowest BCUT2D eigenvalue weighted by Crippen LogP contribution is -2.57. The lowest BCUT2D eigenvalue weighted by atomic mass is 9.86. The molecule has 2 aromatic carbocycles. The Labute approximate surface area is 167 Å². The number of quaternary nitrogens is 1. The van der Waals surface area contributed by atoms with E-state index in [-0.39, 0.29) is 17.8 Å². The molecule has 28 heavy (non-hydrogen) atoms. The van der Waals surface area contributed by atoms with E-state index in [0.29, 0.717) is 17.4 Å². The van der Waals surface area contributed by atoms with Gasteiger partial charge in [0.05, 0.1) is 38.6 Å². The first-order chi connectivity index (χ1) is 13.3. The number of amides is 1. The van der Waals surface area contributed by atoms with Gasteiger partial charge in [-0.25, -0.2) is 4.39 Å². The van der Waals surface area contributed by atoms with E-state index in [1.165, 1.54) is 23.3 Å². The van der Waals surface area contributed by atoms with Gasteiger partial charge in [-0.3, -0.25) is 4.79 Å². The Morgan fingerprint density at radius 1 is 1.21 bits per heavy atom. The molecule has 4 heteroatoms. The number of carbonyl (C=O) groups excluding carboxylic acids is 1. The standard InChI is InChI=1S/C24H30FN2O/c1-16(2)14-27(4)12-11-23-21(15-27)20-13-17(3)5-10-22(20)26(23)24(28)18-6-8-19(25)9-7-18/h5-10,13,16,21,23H,11-12,14-15H2,1-4H3/q+1/t21-,23+,27?/m1/s1. The summed E-state index contributed by atoms with van der Waals surface area (Å²) in [7, 11) is 2.36. The van der Waals surface area contributed by atoms with E-state index in [0.717, 1.165) is 36.2 Å². The molecule has 0 N–H and O–H groups in total. The van der Waals surface area contributed by atoms with Gasteiger partial charge in [0.2, 0.25) is 0 Å². The summed E-state index contributed by atoms with van der Waals surface area (Å²) in [5.41, 5.74) is 4.12. The molecule has 2 aliphatic heterocycles. The molecule has 0 spiro atoms. The Morgan fingerprint density at radius 3 is 2.61 bits per heavy atom. The Hall–Kier alpha value is -2.20. The van der Waals surface area contributed by atoms with Crippen LogP contribution >= 0.6 is 0 Å². The molecule has 3 nitrogen and oxygen atoms in total. The molecule has 0 bridgehead atoms. The third-order valence-corrected chi connectivity index (χ3v) is 6.36. The van der Waals surface area contributed by atoms with Crippen molar-refractivity contribution in [2.75, 3.05) is 31.6 Å². The summed E-state index contributed by atoms with van der Waals surface area (Å²) >= 11 is 0. The Bertz CT molecular complexity index is 892. The number of likely N-dealkylation sites (tertiary alicyclic amines) is 1. The van der Waals surface area contributed by atoms with E-state index < -0.39 is 0 Å². The van der Waals surface area contributed by atoms with Gasteiger partial charge in [0.25, 0.3) is 5.91 Å². The lowest BCUT2D eigenvalue weighted by molar-refractivity contribution is -0.918. The molecule has 1 saturated heterocycles. The predicted octanol–water partition coefficient (Wildman–Crippen LogP) is 4.75. The first-order valence-electron chi connectivity index (χ1n) is 10.3. The van der Waals surface area contributed by atoms with Crippen molar-refractivity contribution in [2.45, 2.75) is 39.2 Å². The predicted molar refractivity (Wildman–Crippen MR) is 111 cm³/mol. The summed E-state index contributed by atoms with van der Waals surface area (Å²) in [6, 6.07) is 12.6. The van der Waals surface area contributed by atoms with E-state index in [9.17, 15) is 9.18 Å². The minimum absolute atomic E-state index is 0.0161. The van der Waals surface area contributed by atoms with Crippen LogP contribution in [-0.4, -0.2) is 43.1 Å². The molecule has 1 fully saturated rings. The third-order valence-electron chi connectivity index (χ3n) is 6.36. The number of piperidine rings is 1. The number of halogens is 1. The second kappa shape index (κ2) is 7.00. The van der Waals surface area contributed by atoms with Crippen LogP contribution in [0.3, 0.4) is 0 Å². The van der Waals surface area contributed by atoms with Crippen LogP contribution in [-0.2, 0) is 0 Å². The van der Waals surface area contributed by atoms with Gasteiger partial charge in [-0.15, -0.1) is 0 Å². The maximum atomic E-state index is 13.4. The van der Waals surface area contributed by atoms with Gasteiger partial charge in [0, 0.05) is 23.6 Å². The second-order valence-corrected chi connectivity index (χ2v) is 9.31. The molecule has 1 amide bonds. The van der Waals surface area contributed by atoms with Crippen molar-refractivity contribution in [2.24, 2.45) is 5.92 Å². The van der Waals surface area contributed by atoms with E-state index in [4.69, 9.17) is 0 Å². The fourth-order valence-electron chi connectivity index (χ4n) is 5.36. The number of nitrogens with zero attached hydrogens (tertiary/aromatic N) is 2. The maximum absolute atomic E-state index is 13.4. The number of carbonyl (C=O) groups is 1. The summed E-state index contributed by atoms with van der Waals surface area (Å²) < 4.78 is 14.4. The van der Waals surface area contributed by atoms with Crippen molar-refractivity contribution in [1.29, 1.82) is 0 Å². The summed E-state index contributed by atoms with van der Waals surface area (Å²) in [5.74, 6) is 0.678. The summed E-state index contributed by atoms with van der Waals surface area (Å²) in [5, 5.41) is 0. The fourth-order valence-corrected chi connectivity index (χ4v) is 5.36. The first-order valence-corrected chi connectivity index (χ1v) is 10.3. The Balaban J connectivity index is 1.72. The lowest BCUT2D eigenvalue weighted by Gasteiger charge is -2.45. The average Bonchev–Trinajstić information content (AvgIpc) is 2.93. The summed E-state index contributed by atoms with van der Waals surface area (Å²) in [4.78, 5) is 15.4. The maximum Gasteiger partial charge on any atom is 0.258 e. The monoisotopic (exact) mass is 381 g/mol. The molecule has 148 valence electrons. The third kappa shape index (κ3) is 3.35. The van der Waals surface area contributed by atoms with Crippen LogP contribution < -0.4 is 4.90 Å². The van der Waals surface area contributed by atoms with Crippen molar-refractivity contribution >= 4 is 11.6 Å². The Kier molecular flexibility index (Phi) is 4.78. The minimum Gasteiger partial charge on any atom is -0.325 e. The second-order valence-electron chi connectivity index (χ2n) is 9.31. The van der Waals surface area contributed by atoms with Crippen molar-refractivity contribution in [3.8, 4) is 0 Å². The highest BCUT2D eigenvalue weighted by molar-refractivity contribution is 6.08. The van der Waals surface area contributed by atoms with Gasteiger partial charge in [-0.2, -0.15) is 0 Å². The number of anilines is 1. The zero-order chi connectivity index (χ0) is 20.1. The zero-order valence-corrected chi connectivity index (χ0v) is 17.3. The van der Waals surface area contributed by atoms with E-state index in [1.807, 2.05) is 4.90 Å². The number of likely N-dealkylation sites (N-methyl/N-ethyl adjacent to an activating group) is 1. The van der Waals surface area contributed by atoms with E-state index in [2.05, 4.69) is 46.0 Å². The normalized spacial score (nSPS) is 26.3. The number of fused-ring (bicyclic) bond motifs is 3. The van der Waals surface area contributed by atoms with Gasteiger partial charge < -0.3 is 9.38 Å². The van der Waals surface area contributed by atoms with Crippen LogP contribution in [0.15, 0.2) is 42.5 Å². The molecule has 0 saturated carbocycles. The SMILES string of the molecule is Cc1ccc2c(c1)[C@H]1C[N+](C)(CC(C)C)CC[C@@H]1N2C(=O)c1ccc(F)cc1. The van der Waals surface area contributed by atoms with Crippen LogP contribution in [0.5, 0.6) is 0 Å². The molecule has 0 aromatic heterocycles. The summed E-state index contributed by atoms with van der Waals surface area (Å²) in [6.07, 6.45) is 0.995. The molecule has 2 heterocycles. The number of aryl methyl sites for hydroxylation is 1. The molecule has 2 aromatic rings. The van der Waals surface area contributed by atoms with Gasteiger partial charge in [-0.05, 0) is 42.8 Å². The fraction of sp³-hybridized carbons (Fsp3) is 0.458. The van der Waals surface area contributed by atoms with Crippen LogP contribution in [0, 0.1) is 18.7 Å². The van der Waals surface area contributed by atoms with Crippen molar-refractivity contribution in [1.82, 2.24) is 0 Å². The minimum atomic E-state index is -0.314. The van der Waals surface area contributed by atoms with Crippen molar-refractivity contribution in [3.63, 3.8) is 0 Å². The van der Waals surface area contributed by atoms with Crippen LogP contribution in [0.1, 0.15) is 47.7 Å². The number of benzene rings is 2. The highest BCUT2D eigenvalue weighted by Gasteiger charge is 2.49. The quantitative estimate of drug-likeness (QED) is 0.703. The number of hydrogen-bond donors (Lipinski definition) is 0. The van der Waals surface area contributed by atoms with Gasteiger partial charge >= 0.3 is 0 Å². The molecule has 4 rings (SSSR count). The van der Waals surface area contributed by atoms with Crippen LogP contribution in [0.25, 0.3) is 0 Å². The molecule has 3 atom stereocenters. The molecular formula is C24H30FN2O+. The average molecular weight is 382 g/mol. The largest absolute Gasteiger partial charge is 0.325 e. The topological polar surface area (TPSA) is 20.3 Å². The van der Waals surface area contributed by atoms with Crippen LogP contribution in [0.4, 0.5) is 10.1 Å². The van der Waals surface area contributed by atoms with E-state index >= 15 is 0 Å². The highest BCUT2D eigenvalue weighted by atomic mass is 19.1. The molecular weight excluding hydrogens is 351 g/mol. The van der Waals surface area contributed by atoms with Crippen molar-refractivity contribution in [3.05, 3.63) is 65.0 Å². The smallest absolute Gasteiger partial charge is 0.258 e.